The first kappa shape index (κ1) is 11.1. The Bertz CT molecular complexity index is 372. The molecule has 3 heteroatoms. The molecule has 2 nitrogen and oxygen atoms in total. The molecular formula is C13H16FNO. The van der Waals surface area contributed by atoms with Gasteiger partial charge in [-0.3, -0.25) is 0 Å². The number of hydrogen-bond acceptors (Lipinski definition) is 2. The third-order valence-electron chi connectivity index (χ3n) is 2.63. The molecule has 1 unspecified atom stereocenters. The molecule has 0 radical (unpaired) electrons. The topological polar surface area (TPSA) is 21.3 Å². The molecular weight excluding hydrogens is 205 g/mol. The minimum absolute atomic E-state index is 0.0492. The standard InChI is InChI=1S/C13H16FNO/c1-2-15-13(12-4-3-9-16-12)10-5-7-11(14)8-6-10/h4-8,13,15H,2-3,9H2,1H3. The van der Waals surface area contributed by atoms with Gasteiger partial charge in [-0.25, -0.2) is 4.39 Å². The fourth-order valence-electron chi connectivity index (χ4n) is 1.88. The van der Waals surface area contributed by atoms with Gasteiger partial charge < -0.3 is 10.1 Å². The van der Waals surface area contributed by atoms with Gasteiger partial charge in [-0.2, -0.15) is 0 Å². The molecule has 1 aliphatic rings. The van der Waals surface area contributed by atoms with E-state index in [2.05, 4.69) is 11.4 Å². The number of likely N-dealkylation sites (N-methyl/N-ethyl adjacent to an activating group) is 1. The highest BCUT2D eigenvalue weighted by Gasteiger charge is 2.19. The Kier molecular flexibility index (Phi) is 3.57. The van der Waals surface area contributed by atoms with Gasteiger partial charge in [0.1, 0.15) is 11.6 Å². The Hall–Kier alpha value is -1.35. The fraction of sp³-hybridized carbons (Fsp3) is 0.385. The maximum Gasteiger partial charge on any atom is 0.123 e. The Morgan fingerprint density at radius 2 is 2.12 bits per heavy atom. The van der Waals surface area contributed by atoms with Crippen molar-refractivity contribution in [2.24, 2.45) is 0 Å². The second-order valence-corrected chi connectivity index (χ2v) is 3.79. The Morgan fingerprint density at radius 3 is 2.69 bits per heavy atom. The zero-order chi connectivity index (χ0) is 11.4. The van der Waals surface area contributed by atoms with Crippen molar-refractivity contribution in [1.82, 2.24) is 5.32 Å². The Labute approximate surface area is 95.1 Å². The van der Waals surface area contributed by atoms with Crippen molar-refractivity contribution >= 4 is 0 Å². The van der Waals surface area contributed by atoms with E-state index in [1.807, 2.05) is 6.92 Å². The van der Waals surface area contributed by atoms with Crippen LogP contribution in [0.1, 0.15) is 24.9 Å². The molecule has 1 aliphatic heterocycles. The number of benzene rings is 1. The predicted molar refractivity (Wildman–Crippen MR) is 61.5 cm³/mol. The van der Waals surface area contributed by atoms with Gasteiger partial charge in [0.05, 0.1) is 12.6 Å². The summed E-state index contributed by atoms with van der Waals surface area (Å²) in [4.78, 5) is 0. The van der Waals surface area contributed by atoms with Crippen molar-refractivity contribution in [2.75, 3.05) is 13.2 Å². The van der Waals surface area contributed by atoms with Crippen LogP contribution in [0.3, 0.4) is 0 Å². The molecule has 86 valence electrons. The first-order valence-corrected chi connectivity index (χ1v) is 5.63. The van der Waals surface area contributed by atoms with Crippen molar-refractivity contribution in [3.63, 3.8) is 0 Å². The lowest BCUT2D eigenvalue weighted by atomic mass is 10.0. The van der Waals surface area contributed by atoms with Gasteiger partial charge in [0, 0.05) is 6.42 Å². The van der Waals surface area contributed by atoms with Gasteiger partial charge in [0.15, 0.2) is 0 Å². The summed E-state index contributed by atoms with van der Waals surface area (Å²) >= 11 is 0. The van der Waals surface area contributed by atoms with E-state index in [4.69, 9.17) is 4.74 Å². The zero-order valence-electron chi connectivity index (χ0n) is 9.37. The number of nitrogens with one attached hydrogen (secondary N) is 1. The van der Waals surface area contributed by atoms with E-state index in [0.717, 1.165) is 30.9 Å². The lowest BCUT2D eigenvalue weighted by molar-refractivity contribution is 0.216. The third-order valence-corrected chi connectivity index (χ3v) is 2.63. The summed E-state index contributed by atoms with van der Waals surface area (Å²) < 4.78 is 18.4. The van der Waals surface area contributed by atoms with Crippen molar-refractivity contribution in [1.29, 1.82) is 0 Å². The molecule has 0 spiro atoms. The number of rotatable bonds is 4. The second kappa shape index (κ2) is 5.12. The highest BCUT2D eigenvalue weighted by atomic mass is 19.1. The molecule has 0 aromatic heterocycles. The molecule has 0 amide bonds. The van der Waals surface area contributed by atoms with Gasteiger partial charge in [-0.1, -0.05) is 19.1 Å². The highest BCUT2D eigenvalue weighted by molar-refractivity contribution is 5.27. The van der Waals surface area contributed by atoms with Gasteiger partial charge in [-0.05, 0) is 30.3 Å². The smallest absolute Gasteiger partial charge is 0.123 e. The maximum absolute atomic E-state index is 12.8. The first-order valence-electron chi connectivity index (χ1n) is 5.63. The molecule has 0 bridgehead atoms. The van der Waals surface area contributed by atoms with Crippen LogP contribution in [0.2, 0.25) is 0 Å². The predicted octanol–water partition coefficient (Wildman–Crippen LogP) is 2.78. The summed E-state index contributed by atoms with van der Waals surface area (Å²) in [6.45, 7) is 3.65. The Balaban J connectivity index is 2.21. The SMILES string of the molecule is CCNC(C1=CCCO1)c1ccc(F)cc1. The summed E-state index contributed by atoms with van der Waals surface area (Å²) in [5.41, 5.74) is 1.04. The first-order chi connectivity index (χ1) is 7.81. The van der Waals surface area contributed by atoms with E-state index in [1.54, 1.807) is 12.1 Å². The highest BCUT2D eigenvalue weighted by Crippen LogP contribution is 2.26. The van der Waals surface area contributed by atoms with Crippen LogP contribution >= 0.6 is 0 Å². The van der Waals surface area contributed by atoms with Gasteiger partial charge in [-0.15, -0.1) is 0 Å². The maximum atomic E-state index is 12.8. The summed E-state index contributed by atoms with van der Waals surface area (Å²) in [5.74, 6) is 0.744. The van der Waals surface area contributed by atoms with E-state index in [1.165, 1.54) is 12.1 Å². The Morgan fingerprint density at radius 1 is 1.38 bits per heavy atom. The number of ether oxygens (including phenoxy) is 1. The molecule has 1 heterocycles. The van der Waals surface area contributed by atoms with E-state index in [-0.39, 0.29) is 11.9 Å². The molecule has 16 heavy (non-hydrogen) atoms. The van der Waals surface area contributed by atoms with E-state index < -0.39 is 0 Å². The van der Waals surface area contributed by atoms with E-state index in [0.29, 0.717) is 0 Å². The van der Waals surface area contributed by atoms with Gasteiger partial charge in [0.2, 0.25) is 0 Å². The quantitative estimate of drug-likeness (QED) is 0.844. The molecule has 2 rings (SSSR count). The minimum Gasteiger partial charge on any atom is -0.496 e. The van der Waals surface area contributed by atoms with E-state index >= 15 is 0 Å². The normalized spacial score (nSPS) is 16.8. The fourth-order valence-corrected chi connectivity index (χ4v) is 1.88. The summed E-state index contributed by atoms with van der Waals surface area (Å²) in [6, 6.07) is 6.61. The molecule has 0 saturated heterocycles. The molecule has 1 aromatic carbocycles. The van der Waals surface area contributed by atoms with Crippen LogP contribution < -0.4 is 5.32 Å². The van der Waals surface area contributed by atoms with E-state index in [9.17, 15) is 4.39 Å². The second-order valence-electron chi connectivity index (χ2n) is 3.79. The minimum atomic E-state index is -0.208. The lowest BCUT2D eigenvalue weighted by Crippen LogP contribution is -2.23. The van der Waals surface area contributed by atoms with Crippen LogP contribution in [0.15, 0.2) is 36.1 Å². The number of halogens is 1. The average Bonchev–Trinajstić information content (AvgIpc) is 2.81. The van der Waals surface area contributed by atoms with Crippen molar-refractivity contribution in [3.8, 4) is 0 Å². The summed E-state index contributed by atoms with van der Waals surface area (Å²) in [6.07, 6.45) is 3.05. The van der Waals surface area contributed by atoms with Crippen LogP contribution in [-0.4, -0.2) is 13.2 Å². The van der Waals surface area contributed by atoms with Crippen LogP contribution in [0.4, 0.5) is 4.39 Å². The monoisotopic (exact) mass is 221 g/mol. The number of hydrogen-bond donors (Lipinski definition) is 1. The van der Waals surface area contributed by atoms with Crippen LogP contribution in [0.5, 0.6) is 0 Å². The summed E-state index contributed by atoms with van der Waals surface area (Å²) in [5, 5.41) is 3.34. The van der Waals surface area contributed by atoms with Crippen LogP contribution in [-0.2, 0) is 4.74 Å². The largest absolute Gasteiger partial charge is 0.496 e. The zero-order valence-corrected chi connectivity index (χ0v) is 9.37. The third kappa shape index (κ3) is 2.42. The average molecular weight is 221 g/mol. The van der Waals surface area contributed by atoms with Crippen LogP contribution in [0, 0.1) is 5.82 Å². The molecule has 0 saturated carbocycles. The molecule has 0 fully saturated rings. The van der Waals surface area contributed by atoms with Crippen LogP contribution in [0.25, 0.3) is 0 Å². The van der Waals surface area contributed by atoms with Crippen molar-refractivity contribution in [2.45, 2.75) is 19.4 Å². The molecule has 1 aromatic rings. The van der Waals surface area contributed by atoms with Gasteiger partial charge >= 0.3 is 0 Å². The molecule has 1 N–H and O–H groups in total. The van der Waals surface area contributed by atoms with Crippen molar-refractivity contribution in [3.05, 3.63) is 47.5 Å². The lowest BCUT2D eigenvalue weighted by Gasteiger charge is -2.19. The molecule has 1 atom stereocenters. The van der Waals surface area contributed by atoms with Crippen molar-refractivity contribution < 1.29 is 9.13 Å². The molecule has 0 aliphatic carbocycles. The summed E-state index contributed by atoms with van der Waals surface area (Å²) in [7, 11) is 0. The van der Waals surface area contributed by atoms with Gasteiger partial charge in [0.25, 0.3) is 0 Å².